The smallest absolute Gasteiger partial charge is 0.264 e. The minimum absolute atomic E-state index is 0.125. The molecule has 1 fully saturated rings. The van der Waals surface area contributed by atoms with Crippen molar-refractivity contribution >= 4 is 27.3 Å². The molecule has 0 bridgehead atoms. The zero-order valence-corrected chi connectivity index (χ0v) is 15.3. The van der Waals surface area contributed by atoms with Crippen molar-refractivity contribution in [1.82, 2.24) is 9.80 Å². The summed E-state index contributed by atoms with van der Waals surface area (Å²) in [5.41, 5.74) is 0. The van der Waals surface area contributed by atoms with Crippen LogP contribution in [-0.2, 0) is 0 Å². The number of ether oxygens (including phenoxy) is 2. The fourth-order valence-corrected chi connectivity index (χ4v) is 3.90. The van der Waals surface area contributed by atoms with Gasteiger partial charge in [-0.2, -0.15) is 0 Å². The average Bonchev–Trinajstić information content (AvgIpc) is 2.98. The van der Waals surface area contributed by atoms with E-state index in [1.54, 1.807) is 0 Å². The highest BCUT2D eigenvalue weighted by Crippen LogP contribution is 2.37. The van der Waals surface area contributed by atoms with Crippen molar-refractivity contribution in [2.45, 2.75) is 13.8 Å². The number of piperazine rings is 1. The molecule has 6 heteroatoms. The summed E-state index contributed by atoms with van der Waals surface area (Å²) in [5.74, 6) is 1.61. The summed E-state index contributed by atoms with van der Waals surface area (Å²) in [6, 6.07) is 5.93. The minimum Gasteiger partial charge on any atom is -0.490 e. The van der Waals surface area contributed by atoms with Crippen LogP contribution < -0.4 is 9.47 Å². The van der Waals surface area contributed by atoms with Crippen LogP contribution in [0.15, 0.2) is 18.2 Å². The summed E-state index contributed by atoms with van der Waals surface area (Å²) < 4.78 is 12.4. The Balaban J connectivity index is 1.88. The van der Waals surface area contributed by atoms with Gasteiger partial charge in [-0.15, -0.1) is 11.3 Å². The molecule has 130 valence electrons. The quantitative estimate of drug-likeness (QED) is 0.833. The highest BCUT2D eigenvalue weighted by atomic mass is 32.1. The number of rotatable bonds is 5. The maximum absolute atomic E-state index is 12.8. The SMILES string of the molecule is CCOc1cc2cc(C(=O)N3CCN(C)CC3)sc2cc1OCC. The topological polar surface area (TPSA) is 42.0 Å². The van der Waals surface area contributed by atoms with E-state index in [-0.39, 0.29) is 5.91 Å². The van der Waals surface area contributed by atoms with Crippen molar-refractivity contribution in [3.05, 3.63) is 23.1 Å². The Morgan fingerprint density at radius 2 is 1.67 bits per heavy atom. The number of carbonyl (C=O) groups excluding carboxylic acids is 1. The third-order valence-corrected chi connectivity index (χ3v) is 5.27. The summed E-state index contributed by atoms with van der Waals surface area (Å²) in [6.07, 6.45) is 0. The minimum atomic E-state index is 0.125. The van der Waals surface area contributed by atoms with Crippen LogP contribution in [0.4, 0.5) is 0 Å². The highest BCUT2D eigenvalue weighted by Gasteiger charge is 2.22. The second-order valence-corrected chi connectivity index (χ2v) is 6.99. The van der Waals surface area contributed by atoms with Crippen LogP contribution in [0.25, 0.3) is 10.1 Å². The lowest BCUT2D eigenvalue weighted by Crippen LogP contribution is -2.46. The van der Waals surface area contributed by atoms with Crippen molar-refractivity contribution in [1.29, 1.82) is 0 Å². The molecule has 0 saturated carbocycles. The summed E-state index contributed by atoms with van der Waals surface area (Å²) in [6.45, 7) is 8.52. The Morgan fingerprint density at radius 3 is 2.29 bits per heavy atom. The van der Waals surface area contributed by atoms with E-state index in [4.69, 9.17) is 9.47 Å². The van der Waals surface area contributed by atoms with Crippen LogP contribution in [0.5, 0.6) is 11.5 Å². The third kappa shape index (κ3) is 3.49. The molecular formula is C18H24N2O3S. The van der Waals surface area contributed by atoms with Gasteiger partial charge in [-0.05, 0) is 38.4 Å². The van der Waals surface area contributed by atoms with Gasteiger partial charge in [0.25, 0.3) is 5.91 Å². The molecule has 24 heavy (non-hydrogen) atoms. The summed E-state index contributed by atoms with van der Waals surface area (Å²) in [5, 5.41) is 1.03. The zero-order valence-electron chi connectivity index (χ0n) is 14.5. The van der Waals surface area contributed by atoms with E-state index in [1.165, 1.54) is 11.3 Å². The predicted molar refractivity (Wildman–Crippen MR) is 97.6 cm³/mol. The molecule has 5 nitrogen and oxygen atoms in total. The van der Waals surface area contributed by atoms with Crippen LogP contribution in [-0.4, -0.2) is 62.1 Å². The molecule has 3 rings (SSSR count). The lowest BCUT2D eigenvalue weighted by Gasteiger charge is -2.32. The van der Waals surface area contributed by atoms with E-state index in [9.17, 15) is 4.79 Å². The fourth-order valence-electron chi connectivity index (χ4n) is 2.85. The normalized spacial score (nSPS) is 15.7. The number of hydrogen-bond donors (Lipinski definition) is 0. The monoisotopic (exact) mass is 348 g/mol. The molecule has 1 aliphatic heterocycles. The fraction of sp³-hybridized carbons (Fsp3) is 0.500. The molecule has 2 aromatic rings. The first-order valence-corrected chi connectivity index (χ1v) is 9.25. The highest BCUT2D eigenvalue weighted by molar-refractivity contribution is 7.20. The maximum atomic E-state index is 12.8. The Kier molecular flexibility index (Phi) is 5.26. The van der Waals surface area contributed by atoms with Gasteiger partial charge in [-0.25, -0.2) is 0 Å². The molecule has 0 aliphatic carbocycles. The third-order valence-electron chi connectivity index (χ3n) is 4.18. The van der Waals surface area contributed by atoms with Crippen LogP contribution in [0, 0.1) is 0 Å². The van der Waals surface area contributed by atoms with Gasteiger partial charge in [-0.3, -0.25) is 4.79 Å². The Morgan fingerprint density at radius 1 is 1.04 bits per heavy atom. The number of fused-ring (bicyclic) bond motifs is 1. The van der Waals surface area contributed by atoms with Gasteiger partial charge >= 0.3 is 0 Å². The van der Waals surface area contributed by atoms with Crippen LogP contribution in [0.3, 0.4) is 0 Å². The van der Waals surface area contributed by atoms with Gasteiger partial charge in [-0.1, -0.05) is 0 Å². The number of nitrogens with zero attached hydrogens (tertiary/aromatic N) is 2. The first-order chi connectivity index (χ1) is 11.6. The van der Waals surface area contributed by atoms with Gasteiger partial charge in [0.15, 0.2) is 11.5 Å². The van der Waals surface area contributed by atoms with E-state index in [0.717, 1.165) is 52.6 Å². The number of likely N-dealkylation sites (N-methyl/N-ethyl adjacent to an activating group) is 1. The number of amides is 1. The summed E-state index contributed by atoms with van der Waals surface area (Å²) in [7, 11) is 2.09. The van der Waals surface area contributed by atoms with Crippen LogP contribution in [0.2, 0.25) is 0 Å². The molecule has 0 unspecified atom stereocenters. The molecule has 1 aromatic carbocycles. The first-order valence-electron chi connectivity index (χ1n) is 8.43. The number of thiophene rings is 1. The van der Waals surface area contributed by atoms with Gasteiger partial charge in [0.2, 0.25) is 0 Å². The van der Waals surface area contributed by atoms with Gasteiger partial charge in [0.1, 0.15) is 0 Å². The van der Waals surface area contributed by atoms with Crippen LogP contribution >= 0.6 is 11.3 Å². The molecule has 1 saturated heterocycles. The van der Waals surface area contributed by atoms with E-state index < -0.39 is 0 Å². The molecule has 0 N–H and O–H groups in total. The molecule has 0 spiro atoms. The van der Waals surface area contributed by atoms with Crippen LogP contribution in [0.1, 0.15) is 23.5 Å². The second-order valence-electron chi connectivity index (χ2n) is 5.91. The maximum Gasteiger partial charge on any atom is 0.264 e. The Bertz CT molecular complexity index is 677. The largest absolute Gasteiger partial charge is 0.490 e. The lowest BCUT2D eigenvalue weighted by atomic mass is 10.2. The van der Waals surface area contributed by atoms with Gasteiger partial charge in [0, 0.05) is 36.9 Å². The summed E-state index contributed by atoms with van der Waals surface area (Å²) >= 11 is 1.53. The van der Waals surface area contributed by atoms with Gasteiger partial charge in [0.05, 0.1) is 18.1 Å². The standard InChI is InChI=1S/C18H24N2O3S/c1-4-22-14-10-13-11-17(24-16(13)12-15(14)23-5-2)18(21)20-8-6-19(3)7-9-20/h10-12H,4-9H2,1-3H3. The molecule has 1 aromatic heterocycles. The van der Waals surface area contributed by atoms with Crippen molar-refractivity contribution in [2.24, 2.45) is 0 Å². The van der Waals surface area contributed by atoms with Crippen molar-refractivity contribution in [3.8, 4) is 11.5 Å². The van der Waals surface area contributed by atoms with E-state index in [0.29, 0.717) is 13.2 Å². The van der Waals surface area contributed by atoms with Crippen molar-refractivity contribution in [3.63, 3.8) is 0 Å². The predicted octanol–water partition coefficient (Wildman–Crippen LogP) is 3.09. The van der Waals surface area contributed by atoms with E-state index >= 15 is 0 Å². The molecule has 2 heterocycles. The van der Waals surface area contributed by atoms with Crippen molar-refractivity contribution < 1.29 is 14.3 Å². The zero-order chi connectivity index (χ0) is 17.1. The Labute approximate surface area is 146 Å². The van der Waals surface area contributed by atoms with E-state index in [2.05, 4.69) is 11.9 Å². The second kappa shape index (κ2) is 7.40. The number of benzene rings is 1. The lowest BCUT2D eigenvalue weighted by molar-refractivity contribution is 0.0669. The molecule has 0 radical (unpaired) electrons. The first kappa shape index (κ1) is 17.0. The van der Waals surface area contributed by atoms with Gasteiger partial charge < -0.3 is 19.3 Å². The molecule has 1 amide bonds. The summed E-state index contributed by atoms with van der Waals surface area (Å²) in [4.78, 5) is 17.7. The molecule has 0 atom stereocenters. The van der Waals surface area contributed by atoms with Crippen molar-refractivity contribution in [2.75, 3.05) is 46.4 Å². The Hall–Kier alpha value is -1.79. The van der Waals surface area contributed by atoms with E-state index in [1.807, 2.05) is 36.9 Å². The molecular weight excluding hydrogens is 324 g/mol. The number of carbonyl (C=O) groups is 1. The average molecular weight is 348 g/mol. The molecule has 1 aliphatic rings. The number of hydrogen-bond acceptors (Lipinski definition) is 5.